The minimum absolute atomic E-state index is 0.166. The van der Waals surface area contributed by atoms with Gasteiger partial charge >= 0.3 is 6.09 Å². The Kier molecular flexibility index (Phi) is 6.24. The molecule has 2 aromatic rings. The van der Waals surface area contributed by atoms with Crippen LogP contribution in [0.15, 0.2) is 42.0 Å². The molecule has 1 aromatic heterocycles. The summed E-state index contributed by atoms with van der Waals surface area (Å²) in [5.41, 5.74) is 8.26. The number of benzene rings is 1. The van der Waals surface area contributed by atoms with Crippen molar-refractivity contribution in [3.8, 4) is 0 Å². The molecule has 1 saturated heterocycles. The van der Waals surface area contributed by atoms with Crippen molar-refractivity contribution >= 4 is 17.4 Å². The lowest BCUT2D eigenvalue weighted by atomic mass is 9.72. The van der Waals surface area contributed by atoms with Crippen LogP contribution < -0.4 is 11.1 Å². The van der Waals surface area contributed by atoms with E-state index in [4.69, 9.17) is 5.73 Å². The van der Waals surface area contributed by atoms with Crippen LogP contribution in [-0.4, -0.2) is 52.8 Å². The second-order valence-corrected chi connectivity index (χ2v) is 7.93. The van der Waals surface area contributed by atoms with Gasteiger partial charge in [0.05, 0.1) is 11.0 Å². The van der Waals surface area contributed by atoms with E-state index < -0.39 is 11.6 Å². The van der Waals surface area contributed by atoms with Crippen molar-refractivity contribution in [3.63, 3.8) is 0 Å². The molecule has 2 heterocycles. The normalized spacial score (nSPS) is 23.7. The summed E-state index contributed by atoms with van der Waals surface area (Å²) >= 11 is 1.63. The number of carbonyl (C=O) groups is 1. The smallest absolute Gasteiger partial charge is 0.405 e. The molecule has 0 spiro atoms. The highest BCUT2D eigenvalue weighted by atomic mass is 32.1. The van der Waals surface area contributed by atoms with Crippen molar-refractivity contribution < 1.29 is 9.90 Å². The molecule has 1 fully saturated rings. The molecular weight excluding hydrogens is 348 g/mol. The van der Waals surface area contributed by atoms with Crippen molar-refractivity contribution in [2.24, 2.45) is 11.7 Å². The fourth-order valence-electron chi connectivity index (χ4n) is 3.99. The lowest BCUT2D eigenvalue weighted by Gasteiger charge is -2.48. The maximum absolute atomic E-state index is 11.7. The van der Waals surface area contributed by atoms with Gasteiger partial charge in [-0.05, 0) is 24.8 Å². The highest BCUT2D eigenvalue weighted by Gasteiger charge is 2.44. The monoisotopic (exact) mass is 374 g/mol. The number of likely N-dealkylation sites (tertiary alicyclic amines) is 1. The average Bonchev–Trinajstić information content (AvgIpc) is 3.12. The number of aromatic nitrogens is 1. The Hall–Kier alpha value is -1.96. The number of nitrogens with zero attached hydrogens (tertiary/aromatic N) is 2. The molecule has 0 saturated carbocycles. The molecule has 2 atom stereocenters. The molecule has 26 heavy (non-hydrogen) atoms. The lowest BCUT2D eigenvalue weighted by Crippen LogP contribution is -2.63. The summed E-state index contributed by atoms with van der Waals surface area (Å²) in [4.78, 5) is 19.4. The van der Waals surface area contributed by atoms with Gasteiger partial charge < -0.3 is 21.1 Å². The van der Waals surface area contributed by atoms with Gasteiger partial charge in [-0.3, -0.25) is 4.98 Å². The van der Waals surface area contributed by atoms with Crippen LogP contribution in [0.5, 0.6) is 0 Å². The number of carboxylic acid groups (broad SMARTS) is 1. The van der Waals surface area contributed by atoms with Gasteiger partial charge in [-0.25, -0.2) is 4.79 Å². The molecule has 1 amide bonds. The minimum Gasteiger partial charge on any atom is -0.465 e. The molecule has 3 rings (SSSR count). The molecule has 2 unspecified atom stereocenters. The van der Waals surface area contributed by atoms with E-state index in [1.807, 2.05) is 29.9 Å². The van der Waals surface area contributed by atoms with Crippen LogP contribution in [0.3, 0.4) is 0 Å². The number of amides is 1. The van der Waals surface area contributed by atoms with Crippen LogP contribution in [0.2, 0.25) is 0 Å². The summed E-state index contributed by atoms with van der Waals surface area (Å²) in [6.45, 7) is 3.14. The van der Waals surface area contributed by atoms with E-state index in [1.165, 1.54) is 4.88 Å². The molecule has 7 heteroatoms. The molecule has 1 aromatic carbocycles. The third-order valence-electron chi connectivity index (χ3n) is 5.23. The Balaban J connectivity index is 1.89. The topological polar surface area (TPSA) is 91.5 Å². The van der Waals surface area contributed by atoms with Gasteiger partial charge in [0, 0.05) is 43.2 Å². The standard InChI is InChI=1S/C19H26N4O2S/c20-7-9-23-8-6-19(22-18(24)25,11-15-4-2-1-3-5-15)16(13-23)10-17-12-21-14-26-17/h1-5,12,14,16,22H,6-11,13,20H2,(H,24,25). The van der Waals surface area contributed by atoms with Crippen LogP contribution in [0.25, 0.3) is 0 Å². The summed E-state index contributed by atoms with van der Waals surface area (Å²) in [6.07, 6.45) is 3.22. The molecule has 0 bridgehead atoms. The van der Waals surface area contributed by atoms with Crippen molar-refractivity contribution in [2.75, 3.05) is 26.2 Å². The van der Waals surface area contributed by atoms with Crippen molar-refractivity contribution in [1.29, 1.82) is 0 Å². The minimum atomic E-state index is -0.956. The van der Waals surface area contributed by atoms with Crippen LogP contribution in [-0.2, 0) is 12.8 Å². The Bertz CT molecular complexity index is 695. The molecule has 6 nitrogen and oxygen atoms in total. The Morgan fingerprint density at radius 2 is 2.23 bits per heavy atom. The van der Waals surface area contributed by atoms with Gasteiger partial charge in [-0.2, -0.15) is 0 Å². The van der Waals surface area contributed by atoms with E-state index in [1.54, 1.807) is 11.3 Å². The molecule has 0 aliphatic carbocycles. The predicted molar refractivity (Wildman–Crippen MR) is 103 cm³/mol. The number of hydrogen-bond donors (Lipinski definition) is 3. The zero-order chi connectivity index (χ0) is 18.4. The lowest BCUT2D eigenvalue weighted by molar-refractivity contribution is 0.0678. The van der Waals surface area contributed by atoms with E-state index in [9.17, 15) is 9.90 Å². The first-order valence-corrected chi connectivity index (χ1v) is 9.84. The average molecular weight is 375 g/mol. The van der Waals surface area contributed by atoms with Gasteiger partial charge in [0.25, 0.3) is 0 Å². The van der Waals surface area contributed by atoms with E-state index in [2.05, 4.69) is 27.3 Å². The Morgan fingerprint density at radius 1 is 1.42 bits per heavy atom. The first-order valence-electron chi connectivity index (χ1n) is 8.96. The summed E-state index contributed by atoms with van der Waals surface area (Å²) in [5.74, 6) is 0.166. The molecule has 140 valence electrons. The third-order valence-corrected chi connectivity index (χ3v) is 6.03. The molecule has 1 aliphatic heterocycles. The summed E-state index contributed by atoms with van der Waals surface area (Å²) in [7, 11) is 0. The fourth-order valence-corrected chi connectivity index (χ4v) is 4.66. The number of rotatable bonds is 7. The fraction of sp³-hybridized carbons (Fsp3) is 0.474. The number of nitrogens with two attached hydrogens (primary N) is 1. The van der Waals surface area contributed by atoms with Gasteiger partial charge in [0.15, 0.2) is 0 Å². The van der Waals surface area contributed by atoms with Crippen molar-refractivity contribution in [1.82, 2.24) is 15.2 Å². The first kappa shape index (κ1) is 18.8. The zero-order valence-electron chi connectivity index (χ0n) is 14.8. The second kappa shape index (κ2) is 8.62. The number of nitrogens with one attached hydrogen (secondary N) is 1. The Labute approximate surface area is 158 Å². The predicted octanol–water partition coefficient (Wildman–Crippen LogP) is 2.22. The molecule has 4 N–H and O–H groups in total. The summed E-state index contributed by atoms with van der Waals surface area (Å²) in [5, 5.41) is 12.5. The summed E-state index contributed by atoms with van der Waals surface area (Å²) < 4.78 is 0. The first-order chi connectivity index (χ1) is 12.6. The summed E-state index contributed by atoms with van der Waals surface area (Å²) in [6, 6.07) is 10.1. The van der Waals surface area contributed by atoms with Gasteiger partial charge in [-0.1, -0.05) is 30.3 Å². The van der Waals surface area contributed by atoms with Gasteiger partial charge in [-0.15, -0.1) is 11.3 Å². The number of hydrogen-bond acceptors (Lipinski definition) is 5. The largest absolute Gasteiger partial charge is 0.465 e. The SMILES string of the molecule is NCCN1CCC(Cc2ccccc2)(NC(=O)O)C(Cc2cncs2)C1. The van der Waals surface area contributed by atoms with Crippen LogP contribution in [0.1, 0.15) is 16.9 Å². The second-order valence-electron chi connectivity index (χ2n) is 6.96. The van der Waals surface area contributed by atoms with E-state index >= 15 is 0 Å². The molecule has 1 aliphatic rings. The zero-order valence-corrected chi connectivity index (χ0v) is 15.6. The quantitative estimate of drug-likeness (QED) is 0.691. The maximum Gasteiger partial charge on any atom is 0.405 e. The van der Waals surface area contributed by atoms with E-state index in [0.717, 1.165) is 38.0 Å². The van der Waals surface area contributed by atoms with Gasteiger partial charge in [0.2, 0.25) is 0 Å². The van der Waals surface area contributed by atoms with Crippen molar-refractivity contribution in [2.45, 2.75) is 24.8 Å². The van der Waals surface area contributed by atoms with Crippen LogP contribution in [0, 0.1) is 5.92 Å². The molecular formula is C19H26N4O2S. The van der Waals surface area contributed by atoms with E-state index in [0.29, 0.717) is 13.0 Å². The number of thiazole rings is 1. The molecule has 0 radical (unpaired) electrons. The third kappa shape index (κ3) is 4.60. The number of piperidine rings is 1. The highest BCUT2D eigenvalue weighted by Crippen LogP contribution is 2.34. The van der Waals surface area contributed by atoms with Crippen LogP contribution in [0.4, 0.5) is 4.79 Å². The van der Waals surface area contributed by atoms with Crippen LogP contribution >= 0.6 is 11.3 Å². The maximum atomic E-state index is 11.7. The highest BCUT2D eigenvalue weighted by molar-refractivity contribution is 7.09. The van der Waals surface area contributed by atoms with E-state index in [-0.39, 0.29) is 5.92 Å². The van der Waals surface area contributed by atoms with Crippen molar-refractivity contribution in [3.05, 3.63) is 52.5 Å². The van der Waals surface area contributed by atoms with Gasteiger partial charge in [0.1, 0.15) is 0 Å². The Morgan fingerprint density at radius 3 is 2.88 bits per heavy atom.